The summed E-state index contributed by atoms with van der Waals surface area (Å²) in [5.74, 6) is -0.0669. The third-order valence-electron chi connectivity index (χ3n) is 1.60. The van der Waals surface area contributed by atoms with E-state index in [9.17, 15) is 4.79 Å². The number of carbonyl (C=O) groups excluding carboxylic acids is 1. The SMILES string of the molecule is O=C(NC1CC1)c1ncc(S)s1. The molecule has 1 aliphatic carbocycles. The average molecular weight is 200 g/mol. The van der Waals surface area contributed by atoms with E-state index in [4.69, 9.17) is 0 Å². The number of hydrogen-bond donors (Lipinski definition) is 2. The second kappa shape index (κ2) is 3.06. The van der Waals surface area contributed by atoms with E-state index < -0.39 is 0 Å². The molecule has 1 aliphatic rings. The number of aromatic nitrogens is 1. The second-order valence-corrected chi connectivity index (χ2v) is 4.57. The monoisotopic (exact) mass is 200 g/mol. The Morgan fingerprint density at radius 2 is 2.50 bits per heavy atom. The molecule has 0 radical (unpaired) electrons. The number of rotatable bonds is 2. The summed E-state index contributed by atoms with van der Waals surface area (Å²) in [6, 6.07) is 0.393. The van der Waals surface area contributed by atoms with Crippen LogP contribution in [0.5, 0.6) is 0 Å². The van der Waals surface area contributed by atoms with Crippen molar-refractivity contribution in [2.24, 2.45) is 0 Å². The van der Waals surface area contributed by atoms with Crippen molar-refractivity contribution >= 4 is 29.9 Å². The lowest BCUT2D eigenvalue weighted by Gasteiger charge is -1.96. The van der Waals surface area contributed by atoms with Crippen molar-refractivity contribution < 1.29 is 4.79 Å². The van der Waals surface area contributed by atoms with Gasteiger partial charge in [0.2, 0.25) is 0 Å². The zero-order chi connectivity index (χ0) is 8.55. The normalized spacial score (nSPS) is 16.1. The first-order valence-corrected chi connectivity index (χ1v) is 4.98. The maximum Gasteiger partial charge on any atom is 0.280 e. The van der Waals surface area contributed by atoms with Crippen LogP contribution in [0.25, 0.3) is 0 Å². The van der Waals surface area contributed by atoms with Crippen LogP contribution in [0.15, 0.2) is 10.4 Å². The van der Waals surface area contributed by atoms with Crippen molar-refractivity contribution in [3.05, 3.63) is 11.2 Å². The van der Waals surface area contributed by atoms with Crippen LogP contribution in [0.1, 0.15) is 22.6 Å². The minimum Gasteiger partial charge on any atom is -0.347 e. The van der Waals surface area contributed by atoms with Crippen molar-refractivity contribution in [2.75, 3.05) is 0 Å². The van der Waals surface area contributed by atoms with E-state index in [-0.39, 0.29) is 5.91 Å². The topological polar surface area (TPSA) is 42.0 Å². The van der Waals surface area contributed by atoms with Crippen LogP contribution >= 0.6 is 24.0 Å². The van der Waals surface area contributed by atoms with Crippen LogP contribution in [0, 0.1) is 0 Å². The van der Waals surface area contributed by atoms with E-state index in [1.165, 1.54) is 11.3 Å². The maximum atomic E-state index is 11.3. The molecule has 1 heterocycles. The molecule has 0 spiro atoms. The summed E-state index contributed by atoms with van der Waals surface area (Å²) in [4.78, 5) is 15.2. The van der Waals surface area contributed by atoms with Crippen LogP contribution in [-0.2, 0) is 0 Å². The van der Waals surface area contributed by atoms with Crippen LogP contribution < -0.4 is 5.32 Å². The van der Waals surface area contributed by atoms with Crippen LogP contribution in [0.2, 0.25) is 0 Å². The molecule has 5 heteroatoms. The molecule has 1 fully saturated rings. The van der Waals surface area contributed by atoms with E-state index in [0.29, 0.717) is 11.0 Å². The number of carbonyl (C=O) groups is 1. The molecule has 1 aromatic rings. The van der Waals surface area contributed by atoms with Gasteiger partial charge in [-0.3, -0.25) is 4.79 Å². The Hall–Kier alpha value is -0.550. The summed E-state index contributed by atoms with van der Waals surface area (Å²) in [6.07, 6.45) is 3.80. The van der Waals surface area contributed by atoms with Crippen molar-refractivity contribution in [1.82, 2.24) is 10.3 Å². The Kier molecular flexibility index (Phi) is 2.06. The predicted molar refractivity (Wildman–Crippen MR) is 49.9 cm³/mol. The Labute approximate surface area is 79.6 Å². The molecular weight excluding hydrogens is 192 g/mol. The van der Waals surface area contributed by atoms with Gasteiger partial charge in [-0.25, -0.2) is 4.98 Å². The van der Waals surface area contributed by atoms with Gasteiger partial charge in [0.25, 0.3) is 5.91 Å². The first kappa shape index (κ1) is 8.07. The highest BCUT2D eigenvalue weighted by molar-refractivity contribution is 7.82. The van der Waals surface area contributed by atoms with Gasteiger partial charge in [-0.15, -0.1) is 24.0 Å². The first-order valence-electron chi connectivity index (χ1n) is 3.71. The Bertz CT molecular complexity index is 306. The minimum atomic E-state index is -0.0669. The van der Waals surface area contributed by atoms with Gasteiger partial charge in [-0.1, -0.05) is 0 Å². The third kappa shape index (κ3) is 1.78. The number of thiol groups is 1. The van der Waals surface area contributed by atoms with Crippen LogP contribution in [0.3, 0.4) is 0 Å². The number of nitrogens with zero attached hydrogens (tertiary/aromatic N) is 1. The Morgan fingerprint density at radius 1 is 1.75 bits per heavy atom. The number of amides is 1. The third-order valence-corrected chi connectivity index (χ3v) is 2.79. The fourth-order valence-corrected chi connectivity index (χ4v) is 1.72. The highest BCUT2D eigenvalue weighted by Crippen LogP contribution is 2.21. The van der Waals surface area contributed by atoms with E-state index >= 15 is 0 Å². The molecule has 1 saturated carbocycles. The summed E-state index contributed by atoms with van der Waals surface area (Å²) < 4.78 is 0.774. The number of thiazole rings is 1. The van der Waals surface area contributed by atoms with E-state index in [0.717, 1.165) is 17.1 Å². The molecule has 0 atom stereocenters. The molecule has 0 saturated heterocycles. The predicted octanol–water partition coefficient (Wildman–Crippen LogP) is 1.32. The summed E-state index contributed by atoms with van der Waals surface area (Å²) in [6.45, 7) is 0. The molecular formula is C7H8N2OS2. The summed E-state index contributed by atoms with van der Waals surface area (Å²) in [7, 11) is 0. The van der Waals surface area contributed by atoms with Gasteiger partial charge < -0.3 is 5.32 Å². The van der Waals surface area contributed by atoms with Gasteiger partial charge in [-0.2, -0.15) is 0 Å². The van der Waals surface area contributed by atoms with Gasteiger partial charge in [0.1, 0.15) is 0 Å². The van der Waals surface area contributed by atoms with Gasteiger partial charge in [0.15, 0.2) is 5.01 Å². The van der Waals surface area contributed by atoms with Crippen LogP contribution in [0.4, 0.5) is 0 Å². The molecule has 0 aromatic carbocycles. The molecule has 1 aromatic heterocycles. The van der Waals surface area contributed by atoms with Crippen molar-refractivity contribution in [3.8, 4) is 0 Å². The Balaban J connectivity index is 2.03. The summed E-state index contributed by atoms with van der Waals surface area (Å²) >= 11 is 5.39. The number of hydrogen-bond acceptors (Lipinski definition) is 4. The van der Waals surface area contributed by atoms with E-state index in [1.54, 1.807) is 6.20 Å². The van der Waals surface area contributed by atoms with E-state index in [2.05, 4.69) is 22.9 Å². The Morgan fingerprint density at radius 3 is 3.00 bits per heavy atom. The van der Waals surface area contributed by atoms with Crippen molar-refractivity contribution in [3.63, 3.8) is 0 Å². The first-order chi connectivity index (χ1) is 5.75. The molecule has 64 valence electrons. The van der Waals surface area contributed by atoms with Gasteiger partial charge in [0, 0.05) is 6.04 Å². The zero-order valence-corrected chi connectivity index (χ0v) is 7.99. The zero-order valence-electron chi connectivity index (χ0n) is 6.28. The number of nitrogens with one attached hydrogen (secondary N) is 1. The molecule has 3 nitrogen and oxygen atoms in total. The summed E-state index contributed by atoms with van der Waals surface area (Å²) in [5, 5.41) is 3.36. The lowest BCUT2D eigenvalue weighted by atomic mass is 10.6. The molecule has 2 rings (SSSR count). The maximum absolute atomic E-state index is 11.3. The molecule has 1 amide bonds. The molecule has 0 aliphatic heterocycles. The van der Waals surface area contributed by atoms with Gasteiger partial charge >= 0.3 is 0 Å². The highest BCUT2D eigenvalue weighted by Gasteiger charge is 2.24. The molecule has 1 N–H and O–H groups in total. The summed E-state index contributed by atoms with van der Waals surface area (Å²) in [5.41, 5.74) is 0. The average Bonchev–Trinajstić information content (AvgIpc) is 2.72. The standard InChI is InChI=1S/C7H8N2OS2/c10-6(9-4-1-2-4)7-8-3-5(11)12-7/h3-4,11H,1-2H2,(H,9,10). The smallest absolute Gasteiger partial charge is 0.280 e. The van der Waals surface area contributed by atoms with Crippen molar-refractivity contribution in [2.45, 2.75) is 23.1 Å². The molecule has 0 unspecified atom stereocenters. The largest absolute Gasteiger partial charge is 0.347 e. The van der Waals surface area contributed by atoms with E-state index in [1.807, 2.05) is 0 Å². The fraction of sp³-hybridized carbons (Fsp3) is 0.429. The van der Waals surface area contributed by atoms with Gasteiger partial charge in [-0.05, 0) is 12.8 Å². The van der Waals surface area contributed by atoms with Crippen molar-refractivity contribution in [1.29, 1.82) is 0 Å². The lowest BCUT2D eigenvalue weighted by Crippen LogP contribution is -2.24. The lowest BCUT2D eigenvalue weighted by molar-refractivity contribution is 0.0950. The van der Waals surface area contributed by atoms with Crippen LogP contribution in [-0.4, -0.2) is 16.9 Å². The highest BCUT2D eigenvalue weighted by atomic mass is 32.2. The quantitative estimate of drug-likeness (QED) is 0.707. The molecule has 0 bridgehead atoms. The fourth-order valence-electron chi connectivity index (χ4n) is 0.845. The molecule has 12 heavy (non-hydrogen) atoms. The minimum absolute atomic E-state index is 0.0669. The van der Waals surface area contributed by atoms with Gasteiger partial charge in [0.05, 0.1) is 10.4 Å². The second-order valence-electron chi connectivity index (χ2n) is 2.75.